The van der Waals surface area contributed by atoms with E-state index >= 15 is 0 Å². The summed E-state index contributed by atoms with van der Waals surface area (Å²) in [5.41, 5.74) is 4.20. The summed E-state index contributed by atoms with van der Waals surface area (Å²) in [5.74, 6) is -0.0109. The lowest BCUT2D eigenvalue weighted by molar-refractivity contribution is 0.0953. The summed E-state index contributed by atoms with van der Waals surface area (Å²) < 4.78 is 0. The van der Waals surface area contributed by atoms with Crippen LogP contribution in [0.2, 0.25) is 0 Å². The molecule has 0 saturated carbocycles. The van der Waals surface area contributed by atoms with Gasteiger partial charge in [-0.3, -0.25) is 14.6 Å². The van der Waals surface area contributed by atoms with Crippen LogP contribution in [0, 0.1) is 6.92 Å². The standard InChI is InChI=1S/C22H23N3O3/c1-3-15-11-19(14(2)25-22(15)28)17-10-18(13-23-12-17)21(27)24-9-8-16-6-4-5-7-20(16)26/h4-7,10-13,26H,3,8-9H2,1-2H3,(H,24,27)(H,25,28). The molecule has 2 heterocycles. The number of H-pyrrole nitrogens is 1. The van der Waals surface area contributed by atoms with Crippen LogP contribution in [0.15, 0.2) is 53.6 Å². The first kappa shape index (κ1) is 19.4. The molecule has 144 valence electrons. The number of carbonyl (C=O) groups is 1. The number of carbonyl (C=O) groups excluding carboxylic acids is 1. The van der Waals surface area contributed by atoms with Gasteiger partial charge in [0, 0.05) is 41.3 Å². The van der Waals surface area contributed by atoms with Gasteiger partial charge >= 0.3 is 0 Å². The van der Waals surface area contributed by atoms with Gasteiger partial charge in [0.15, 0.2) is 0 Å². The third-order valence-corrected chi connectivity index (χ3v) is 4.68. The molecule has 2 aromatic heterocycles. The number of aromatic hydroxyl groups is 1. The van der Waals surface area contributed by atoms with Crippen LogP contribution in [-0.4, -0.2) is 27.5 Å². The predicted molar refractivity (Wildman–Crippen MR) is 109 cm³/mol. The minimum Gasteiger partial charge on any atom is -0.508 e. The summed E-state index contributed by atoms with van der Waals surface area (Å²) in [5, 5.41) is 12.6. The van der Waals surface area contributed by atoms with Crippen LogP contribution in [0.25, 0.3) is 11.1 Å². The van der Waals surface area contributed by atoms with Gasteiger partial charge in [-0.2, -0.15) is 0 Å². The fraction of sp³-hybridized carbons (Fsp3) is 0.227. The van der Waals surface area contributed by atoms with E-state index in [4.69, 9.17) is 0 Å². The van der Waals surface area contributed by atoms with Gasteiger partial charge in [-0.15, -0.1) is 0 Å². The Hall–Kier alpha value is -3.41. The van der Waals surface area contributed by atoms with Gasteiger partial charge in [-0.05, 0) is 43.5 Å². The quantitative estimate of drug-likeness (QED) is 0.615. The van der Waals surface area contributed by atoms with Crippen molar-refractivity contribution >= 4 is 5.91 Å². The van der Waals surface area contributed by atoms with Crippen LogP contribution >= 0.6 is 0 Å². The average Bonchev–Trinajstić information content (AvgIpc) is 2.69. The monoisotopic (exact) mass is 377 g/mol. The molecule has 0 aliphatic rings. The minimum atomic E-state index is -0.234. The van der Waals surface area contributed by atoms with Crippen molar-refractivity contribution in [3.63, 3.8) is 0 Å². The number of para-hydroxylation sites is 1. The number of phenols is 1. The fourth-order valence-electron chi connectivity index (χ4n) is 3.07. The molecule has 3 rings (SSSR count). The highest BCUT2D eigenvalue weighted by molar-refractivity contribution is 5.95. The van der Waals surface area contributed by atoms with Crippen LogP contribution in [0.3, 0.4) is 0 Å². The molecular weight excluding hydrogens is 354 g/mol. The summed E-state index contributed by atoms with van der Waals surface area (Å²) in [6.07, 6.45) is 4.35. The Morgan fingerprint density at radius 3 is 2.71 bits per heavy atom. The Morgan fingerprint density at radius 1 is 1.18 bits per heavy atom. The van der Waals surface area contributed by atoms with Crippen molar-refractivity contribution in [3.8, 4) is 16.9 Å². The second-order valence-corrected chi connectivity index (χ2v) is 6.61. The van der Waals surface area contributed by atoms with Gasteiger partial charge in [0.2, 0.25) is 0 Å². The first-order valence-corrected chi connectivity index (χ1v) is 9.23. The smallest absolute Gasteiger partial charge is 0.252 e. The van der Waals surface area contributed by atoms with Gasteiger partial charge in [-0.25, -0.2) is 0 Å². The van der Waals surface area contributed by atoms with Gasteiger partial charge in [-0.1, -0.05) is 25.1 Å². The maximum atomic E-state index is 12.5. The van der Waals surface area contributed by atoms with Gasteiger partial charge in [0.25, 0.3) is 11.5 Å². The topological polar surface area (TPSA) is 95.1 Å². The SMILES string of the molecule is CCc1cc(-c2cncc(C(=O)NCCc3ccccc3O)c2)c(C)[nH]c1=O. The molecular formula is C22H23N3O3. The van der Waals surface area contributed by atoms with E-state index in [1.807, 2.05) is 32.0 Å². The predicted octanol–water partition coefficient (Wildman–Crippen LogP) is 2.99. The zero-order valence-corrected chi connectivity index (χ0v) is 16.0. The number of rotatable bonds is 6. The van der Waals surface area contributed by atoms with E-state index in [1.165, 1.54) is 6.20 Å². The summed E-state index contributed by atoms with van der Waals surface area (Å²) in [6.45, 7) is 4.16. The van der Waals surface area contributed by atoms with Crippen LogP contribution in [0.1, 0.15) is 34.1 Å². The van der Waals surface area contributed by atoms with Gasteiger partial charge in [0.05, 0.1) is 5.56 Å². The first-order valence-electron chi connectivity index (χ1n) is 9.23. The molecule has 0 spiro atoms. The highest BCUT2D eigenvalue weighted by atomic mass is 16.3. The van der Waals surface area contributed by atoms with E-state index in [0.29, 0.717) is 30.5 Å². The summed E-state index contributed by atoms with van der Waals surface area (Å²) in [4.78, 5) is 31.5. The highest BCUT2D eigenvalue weighted by Crippen LogP contribution is 2.22. The van der Waals surface area contributed by atoms with E-state index in [1.54, 1.807) is 24.4 Å². The van der Waals surface area contributed by atoms with E-state index in [0.717, 1.165) is 22.4 Å². The first-order chi connectivity index (χ1) is 13.5. The van der Waals surface area contributed by atoms with Gasteiger partial charge in [0.1, 0.15) is 5.75 Å². The number of aryl methyl sites for hydroxylation is 2. The zero-order chi connectivity index (χ0) is 20.1. The maximum Gasteiger partial charge on any atom is 0.252 e. The van der Waals surface area contributed by atoms with Crippen molar-refractivity contribution in [1.29, 1.82) is 0 Å². The Labute approximate surface area is 163 Å². The van der Waals surface area contributed by atoms with Crippen molar-refractivity contribution in [3.05, 3.63) is 81.5 Å². The lowest BCUT2D eigenvalue weighted by Gasteiger charge is -2.10. The Kier molecular flexibility index (Phi) is 5.89. The van der Waals surface area contributed by atoms with Crippen molar-refractivity contribution in [2.75, 3.05) is 6.54 Å². The highest BCUT2D eigenvalue weighted by Gasteiger charge is 2.11. The molecule has 0 atom stereocenters. The molecule has 0 saturated heterocycles. The Balaban J connectivity index is 1.75. The number of nitrogens with one attached hydrogen (secondary N) is 2. The van der Waals surface area contributed by atoms with Crippen LogP contribution in [-0.2, 0) is 12.8 Å². The van der Waals surface area contributed by atoms with Crippen molar-refractivity contribution in [2.45, 2.75) is 26.7 Å². The van der Waals surface area contributed by atoms with E-state index < -0.39 is 0 Å². The maximum absolute atomic E-state index is 12.5. The van der Waals surface area contributed by atoms with Crippen LogP contribution < -0.4 is 10.9 Å². The lowest BCUT2D eigenvalue weighted by atomic mass is 10.0. The van der Waals surface area contributed by atoms with Crippen molar-refractivity contribution in [2.24, 2.45) is 0 Å². The van der Waals surface area contributed by atoms with Gasteiger partial charge < -0.3 is 15.4 Å². The number of aromatic nitrogens is 2. The molecule has 0 unspecified atom stereocenters. The molecule has 0 bridgehead atoms. The lowest BCUT2D eigenvalue weighted by Crippen LogP contribution is -2.25. The number of hydrogen-bond donors (Lipinski definition) is 3. The zero-order valence-electron chi connectivity index (χ0n) is 16.0. The second-order valence-electron chi connectivity index (χ2n) is 6.61. The number of nitrogens with zero attached hydrogens (tertiary/aromatic N) is 1. The fourth-order valence-corrected chi connectivity index (χ4v) is 3.07. The Bertz CT molecular complexity index is 1060. The van der Waals surface area contributed by atoms with Crippen molar-refractivity contribution < 1.29 is 9.90 Å². The molecule has 0 aliphatic carbocycles. The van der Waals surface area contributed by atoms with Crippen molar-refractivity contribution in [1.82, 2.24) is 15.3 Å². The third kappa shape index (κ3) is 4.28. The van der Waals surface area contributed by atoms with E-state index in [2.05, 4.69) is 15.3 Å². The molecule has 0 fully saturated rings. The number of aromatic amines is 1. The molecule has 6 heteroatoms. The number of hydrogen-bond acceptors (Lipinski definition) is 4. The molecule has 3 aromatic rings. The number of pyridine rings is 2. The van der Waals surface area contributed by atoms with E-state index in [9.17, 15) is 14.7 Å². The second kappa shape index (κ2) is 8.52. The normalized spacial score (nSPS) is 10.6. The largest absolute Gasteiger partial charge is 0.508 e. The molecule has 28 heavy (non-hydrogen) atoms. The van der Waals surface area contributed by atoms with Crippen LogP contribution in [0.5, 0.6) is 5.75 Å². The number of benzene rings is 1. The molecule has 6 nitrogen and oxygen atoms in total. The summed E-state index contributed by atoms with van der Waals surface area (Å²) >= 11 is 0. The van der Waals surface area contributed by atoms with E-state index in [-0.39, 0.29) is 17.2 Å². The third-order valence-electron chi connectivity index (χ3n) is 4.68. The Morgan fingerprint density at radius 2 is 1.96 bits per heavy atom. The molecule has 1 aromatic carbocycles. The molecule has 0 aliphatic heterocycles. The summed E-state index contributed by atoms with van der Waals surface area (Å²) in [6, 6.07) is 10.7. The average molecular weight is 377 g/mol. The molecule has 3 N–H and O–H groups in total. The van der Waals surface area contributed by atoms with Crippen LogP contribution in [0.4, 0.5) is 0 Å². The number of phenolic OH excluding ortho intramolecular Hbond substituents is 1. The molecule has 0 radical (unpaired) electrons. The number of amides is 1. The summed E-state index contributed by atoms with van der Waals surface area (Å²) in [7, 11) is 0. The molecule has 1 amide bonds. The minimum absolute atomic E-state index is 0.0882.